The number of unbranched alkanes of at least 4 members (excludes halogenated alkanes) is 3. The molecule has 1 aromatic rings. The van der Waals surface area contributed by atoms with Gasteiger partial charge in [0.05, 0.1) is 31.7 Å². The third-order valence-corrected chi connectivity index (χ3v) is 5.68. The summed E-state index contributed by atoms with van der Waals surface area (Å²) in [6, 6.07) is 9.46. The van der Waals surface area contributed by atoms with Gasteiger partial charge in [-0.25, -0.2) is 4.79 Å². The molecule has 156 valence electrons. The van der Waals surface area contributed by atoms with E-state index in [2.05, 4.69) is 18.8 Å². The Morgan fingerprint density at radius 1 is 1.10 bits per heavy atom. The average molecular weight is 398 g/mol. The van der Waals surface area contributed by atoms with Crippen molar-refractivity contribution in [3.05, 3.63) is 35.9 Å². The lowest BCUT2D eigenvalue weighted by molar-refractivity contribution is -0.130. The number of nitrogens with zero attached hydrogens (tertiary/aromatic N) is 1. The quantitative estimate of drug-likeness (QED) is 0.507. The number of carbonyl (C=O) groups excluding carboxylic acids is 2. The number of ether oxygens (including phenoxy) is 2. The number of rotatable bonds is 7. The summed E-state index contributed by atoms with van der Waals surface area (Å²) in [4.78, 5) is 27.1. The van der Waals surface area contributed by atoms with Crippen LogP contribution in [0.5, 0.6) is 0 Å². The van der Waals surface area contributed by atoms with Gasteiger partial charge in [-0.2, -0.15) is 0 Å². The zero-order chi connectivity index (χ0) is 20.5. The molecule has 5 nitrogen and oxygen atoms in total. The number of carbonyl (C=O) groups is 2. The summed E-state index contributed by atoms with van der Waals surface area (Å²) in [6.07, 6.45) is 5.60. The molecular formula is C24H31NO4. The molecule has 2 aliphatic rings. The van der Waals surface area contributed by atoms with Crippen LogP contribution in [0.2, 0.25) is 0 Å². The van der Waals surface area contributed by atoms with E-state index in [9.17, 15) is 9.59 Å². The number of ketones is 1. The second kappa shape index (κ2) is 11.0. The molecule has 0 aliphatic carbocycles. The first-order valence-corrected chi connectivity index (χ1v) is 10.7. The Kier molecular flexibility index (Phi) is 8.13. The molecule has 2 fully saturated rings. The topological polar surface area (TPSA) is 55.8 Å². The molecule has 0 spiro atoms. The van der Waals surface area contributed by atoms with Crippen molar-refractivity contribution < 1.29 is 19.1 Å². The number of benzene rings is 1. The van der Waals surface area contributed by atoms with E-state index in [1.807, 2.05) is 30.3 Å². The highest BCUT2D eigenvalue weighted by atomic mass is 16.6. The van der Waals surface area contributed by atoms with Crippen LogP contribution in [0.1, 0.15) is 57.4 Å². The van der Waals surface area contributed by atoms with Crippen LogP contribution in [-0.4, -0.2) is 42.1 Å². The Morgan fingerprint density at radius 2 is 1.83 bits per heavy atom. The van der Waals surface area contributed by atoms with Crippen LogP contribution < -0.4 is 0 Å². The van der Waals surface area contributed by atoms with E-state index < -0.39 is 0 Å². The first-order chi connectivity index (χ1) is 14.2. The number of piperidine rings is 1. The lowest BCUT2D eigenvalue weighted by Gasteiger charge is -2.47. The van der Waals surface area contributed by atoms with Crippen molar-refractivity contribution in [2.45, 2.75) is 70.6 Å². The third-order valence-electron chi connectivity index (χ3n) is 5.68. The van der Waals surface area contributed by atoms with Crippen molar-refractivity contribution in [1.29, 1.82) is 0 Å². The summed E-state index contributed by atoms with van der Waals surface area (Å²) in [7, 11) is 0. The molecule has 2 unspecified atom stereocenters. The van der Waals surface area contributed by atoms with E-state index in [0.717, 1.165) is 18.4 Å². The van der Waals surface area contributed by atoms with Crippen LogP contribution in [0.4, 0.5) is 4.79 Å². The van der Waals surface area contributed by atoms with Crippen LogP contribution in [0.25, 0.3) is 0 Å². The fraction of sp³-hybridized carbons (Fsp3) is 0.583. The number of amides is 1. The molecule has 0 saturated carbocycles. The lowest BCUT2D eigenvalue weighted by atomic mass is 9.82. The summed E-state index contributed by atoms with van der Waals surface area (Å²) in [6.45, 7) is 3.35. The van der Waals surface area contributed by atoms with E-state index in [0.29, 0.717) is 32.5 Å². The predicted molar refractivity (Wildman–Crippen MR) is 111 cm³/mol. The Balaban J connectivity index is 1.51. The maximum atomic E-state index is 12.7. The van der Waals surface area contributed by atoms with Crippen LogP contribution in [0.15, 0.2) is 30.3 Å². The maximum absolute atomic E-state index is 12.7. The largest absolute Gasteiger partial charge is 0.445 e. The van der Waals surface area contributed by atoms with Gasteiger partial charge in [0, 0.05) is 12.3 Å². The average Bonchev–Trinajstić information content (AvgIpc) is 2.74. The van der Waals surface area contributed by atoms with E-state index in [1.54, 1.807) is 4.90 Å². The molecule has 1 amide bonds. The minimum absolute atomic E-state index is 0.0444. The molecule has 2 aliphatic heterocycles. The van der Waals surface area contributed by atoms with Crippen LogP contribution >= 0.6 is 0 Å². The first kappa shape index (κ1) is 21.4. The van der Waals surface area contributed by atoms with Crippen LogP contribution in [0.3, 0.4) is 0 Å². The molecule has 0 N–H and O–H groups in total. The van der Waals surface area contributed by atoms with Gasteiger partial charge >= 0.3 is 6.09 Å². The molecular weight excluding hydrogens is 366 g/mol. The molecule has 1 aromatic carbocycles. The molecule has 2 bridgehead atoms. The van der Waals surface area contributed by atoms with Crippen molar-refractivity contribution in [3.8, 4) is 11.8 Å². The van der Waals surface area contributed by atoms with E-state index in [1.165, 1.54) is 12.8 Å². The number of Topliss-reactive ketones (excluding diaryl/α,β-unsaturated/α-hetero) is 1. The minimum atomic E-state index is -0.311. The SMILES string of the molecule is CCCCCC#CCC(=O)C1CC2COCC(C1)N2C(=O)OCc1ccccc1. The van der Waals surface area contributed by atoms with Crippen molar-refractivity contribution in [1.82, 2.24) is 4.90 Å². The van der Waals surface area contributed by atoms with E-state index in [4.69, 9.17) is 9.47 Å². The molecule has 0 aromatic heterocycles. The number of morpholine rings is 1. The van der Waals surface area contributed by atoms with Crippen molar-refractivity contribution in [2.75, 3.05) is 13.2 Å². The minimum Gasteiger partial charge on any atom is -0.445 e. The Labute approximate surface area is 173 Å². The van der Waals surface area contributed by atoms with Gasteiger partial charge in [0.15, 0.2) is 0 Å². The Morgan fingerprint density at radius 3 is 2.52 bits per heavy atom. The highest BCUT2D eigenvalue weighted by Gasteiger charge is 2.44. The number of hydrogen-bond acceptors (Lipinski definition) is 4. The second-order valence-corrected chi connectivity index (χ2v) is 7.91. The van der Waals surface area contributed by atoms with E-state index in [-0.39, 0.29) is 36.5 Å². The van der Waals surface area contributed by atoms with Gasteiger partial charge < -0.3 is 9.47 Å². The summed E-state index contributed by atoms with van der Waals surface area (Å²) in [5.74, 6) is 6.32. The van der Waals surface area contributed by atoms with Crippen molar-refractivity contribution in [2.24, 2.45) is 5.92 Å². The van der Waals surface area contributed by atoms with Crippen LogP contribution in [0, 0.1) is 17.8 Å². The fourth-order valence-electron chi connectivity index (χ4n) is 4.12. The van der Waals surface area contributed by atoms with Crippen molar-refractivity contribution >= 4 is 11.9 Å². The molecule has 2 atom stereocenters. The lowest BCUT2D eigenvalue weighted by Crippen LogP contribution is -2.59. The highest BCUT2D eigenvalue weighted by molar-refractivity contribution is 5.83. The molecule has 3 rings (SSSR count). The fourth-order valence-corrected chi connectivity index (χ4v) is 4.12. The summed E-state index contributed by atoms with van der Waals surface area (Å²) < 4.78 is 11.2. The van der Waals surface area contributed by atoms with Gasteiger partial charge in [0.2, 0.25) is 0 Å². The zero-order valence-corrected chi connectivity index (χ0v) is 17.3. The summed E-state index contributed by atoms with van der Waals surface area (Å²) in [5.41, 5.74) is 0.963. The highest BCUT2D eigenvalue weighted by Crippen LogP contribution is 2.33. The number of fused-ring (bicyclic) bond motifs is 2. The second-order valence-electron chi connectivity index (χ2n) is 7.91. The Hall–Kier alpha value is -2.32. The summed E-state index contributed by atoms with van der Waals surface area (Å²) in [5, 5.41) is 0. The zero-order valence-electron chi connectivity index (χ0n) is 17.3. The van der Waals surface area contributed by atoms with Gasteiger partial charge in [0.25, 0.3) is 0 Å². The maximum Gasteiger partial charge on any atom is 0.410 e. The smallest absolute Gasteiger partial charge is 0.410 e. The predicted octanol–water partition coefficient (Wildman–Crippen LogP) is 4.35. The van der Waals surface area contributed by atoms with Gasteiger partial charge in [-0.15, -0.1) is 5.92 Å². The normalized spacial score (nSPS) is 23.1. The molecule has 5 heteroatoms. The summed E-state index contributed by atoms with van der Waals surface area (Å²) >= 11 is 0. The van der Waals surface area contributed by atoms with Gasteiger partial charge in [-0.1, -0.05) is 56.0 Å². The third kappa shape index (κ3) is 6.08. The first-order valence-electron chi connectivity index (χ1n) is 10.7. The van der Waals surface area contributed by atoms with E-state index >= 15 is 0 Å². The molecule has 29 heavy (non-hydrogen) atoms. The molecule has 0 radical (unpaired) electrons. The number of hydrogen-bond donors (Lipinski definition) is 0. The monoisotopic (exact) mass is 397 g/mol. The van der Waals surface area contributed by atoms with Gasteiger partial charge in [-0.05, 0) is 24.8 Å². The van der Waals surface area contributed by atoms with Crippen LogP contribution in [-0.2, 0) is 20.9 Å². The van der Waals surface area contributed by atoms with Crippen molar-refractivity contribution in [3.63, 3.8) is 0 Å². The molecule has 2 saturated heterocycles. The standard InChI is InChI=1S/C24H31NO4/c1-2-3-4-5-6-10-13-23(26)20-14-21-17-28-18-22(15-20)25(21)24(27)29-16-19-11-8-7-9-12-19/h7-9,11-12,20-22H,2-5,13-18H2,1H3. The molecule has 2 heterocycles. The van der Waals surface area contributed by atoms with Gasteiger partial charge in [0.1, 0.15) is 12.4 Å². The van der Waals surface area contributed by atoms with Gasteiger partial charge in [-0.3, -0.25) is 9.69 Å². The Bertz CT molecular complexity index is 722.